The summed E-state index contributed by atoms with van der Waals surface area (Å²) in [6, 6.07) is 7.19. The Morgan fingerprint density at radius 1 is 1.29 bits per heavy atom. The van der Waals surface area contributed by atoms with Crippen molar-refractivity contribution in [3.8, 4) is 5.75 Å². The van der Waals surface area contributed by atoms with Gasteiger partial charge >= 0.3 is 0 Å². The van der Waals surface area contributed by atoms with Crippen LogP contribution < -0.4 is 19.9 Å². The summed E-state index contributed by atoms with van der Waals surface area (Å²) >= 11 is 0. The van der Waals surface area contributed by atoms with E-state index in [2.05, 4.69) is 15.3 Å². The van der Waals surface area contributed by atoms with E-state index in [-0.39, 0.29) is 30.0 Å². The van der Waals surface area contributed by atoms with Gasteiger partial charge in [-0.05, 0) is 31.5 Å². The highest BCUT2D eigenvalue weighted by Gasteiger charge is 2.36. The summed E-state index contributed by atoms with van der Waals surface area (Å²) in [4.78, 5) is 22.9. The minimum Gasteiger partial charge on any atom is -0.497 e. The molecule has 0 spiro atoms. The zero-order valence-corrected chi connectivity index (χ0v) is 16.2. The fourth-order valence-electron chi connectivity index (χ4n) is 3.02. The van der Waals surface area contributed by atoms with E-state index in [0.717, 1.165) is 16.2 Å². The Labute approximate surface area is 162 Å². The number of nitrogens with one attached hydrogen (secondary N) is 1. The van der Waals surface area contributed by atoms with Crippen LogP contribution >= 0.6 is 0 Å². The maximum absolute atomic E-state index is 14.8. The maximum Gasteiger partial charge on any atom is 0.263 e. The van der Waals surface area contributed by atoms with Gasteiger partial charge in [0.2, 0.25) is 11.9 Å². The molecule has 0 saturated carbocycles. The molecule has 9 heteroatoms. The summed E-state index contributed by atoms with van der Waals surface area (Å²) in [5, 5.41) is 2.98. The van der Waals surface area contributed by atoms with Crippen LogP contribution in [0.4, 0.5) is 26.2 Å². The molecule has 0 fully saturated rings. The Kier molecular flexibility index (Phi) is 5.62. The first-order valence-corrected chi connectivity index (χ1v) is 8.94. The molecule has 1 aromatic carbocycles. The Balaban J connectivity index is 1.92. The number of rotatable bonds is 5. The molecule has 1 aliphatic rings. The molecule has 2 heterocycles. The molecule has 0 aliphatic carbocycles. The van der Waals surface area contributed by atoms with Gasteiger partial charge < -0.3 is 19.9 Å². The maximum atomic E-state index is 14.8. The molecule has 0 bridgehead atoms. The number of alkyl halides is 1. The fraction of sp³-hybridized carbons (Fsp3) is 0.421. The summed E-state index contributed by atoms with van der Waals surface area (Å²) in [5.74, 6) is -0.701. The second-order valence-corrected chi connectivity index (χ2v) is 6.82. The quantitative estimate of drug-likeness (QED) is 0.791. The molecule has 7 nitrogen and oxygen atoms in total. The van der Waals surface area contributed by atoms with E-state index in [1.807, 2.05) is 38.1 Å². The predicted molar refractivity (Wildman–Crippen MR) is 103 cm³/mol. The molecule has 1 unspecified atom stereocenters. The average Bonchev–Trinajstić information content (AvgIpc) is 2.77. The number of carbonyl (C=O) groups is 1. The first kappa shape index (κ1) is 19.8. The van der Waals surface area contributed by atoms with Crippen molar-refractivity contribution < 1.29 is 18.3 Å². The standard InChI is InChI=1S/C19H23F2N5O2/c1-11(2)26-10-14(20)18(27)25(3)15-16(21)23-19(24-17(15)26)22-9-12-5-7-13(28-4)8-6-12/h5-8,11,14H,9-10H2,1-4H3,(H,22,23,24). The lowest BCUT2D eigenvalue weighted by Crippen LogP contribution is -2.40. The van der Waals surface area contributed by atoms with Crippen LogP contribution in [0.5, 0.6) is 5.75 Å². The zero-order chi connectivity index (χ0) is 20.4. The normalized spacial score (nSPS) is 16.8. The zero-order valence-electron chi connectivity index (χ0n) is 16.2. The smallest absolute Gasteiger partial charge is 0.263 e. The van der Waals surface area contributed by atoms with Crippen LogP contribution in [-0.2, 0) is 11.3 Å². The molecule has 0 saturated heterocycles. The predicted octanol–water partition coefficient (Wildman–Crippen LogP) is 2.77. The number of halogens is 2. The number of hydrogen-bond acceptors (Lipinski definition) is 6. The van der Waals surface area contributed by atoms with Crippen LogP contribution in [0, 0.1) is 5.95 Å². The van der Waals surface area contributed by atoms with Crippen molar-refractivity contribution in [3.63, 3.8) is 0 Å². The van der Waals surface area contributed by atoms with Gasteiger partial charge in [-0.3, -0.25) is 4.79 Å². The van der Waals surface area contributed by atoms with Crippen molar-refractivity contribution in [2.24, 2.45) is 0 Å². The molecular formula is C19H23F2N5O2. The number of aromatic nitrogens is 2. The van der Waals surface area contributed by atoms with Gasteiger partial charge in [0.05, 0.1) is 13.7 Å². The summed E-state index contributed by atoms with van der Waals surface area (Å²) < 4.78 is 34.2. The number of anilines is 3. The summed E-state index contributed by atoms with van der Waals surface area (Å²) in [5.41, 5.74) is 0.811. The lowest BCUT2D eigenvalue weighted by atomic mass is 10.2. The van der Waals surface area contributed by atoms with Gasteiger partial charge in [0.15, 0.2) is 12.0 Å². The second kappa shape index (κ2) is 7.95. The number of methoxy groups -OCH3 is 1. The fourth-order valence-corrected chi connectivity index (χ4v) is 3.02. The highest BCUT2D eigenvalue weighted by molar-refractivity contribution is 6.00. The lowest BCUT2D eigenvalue weighted by molar-refractivity contribution is -0.122. The SMILES string of the molecule is COc1ccc(CNc2nc(F)c3c(n2)N(C(C)C)CC(F)C(=O)N3C)cc1. The first-order valence-electron chi connectivity index (χ1n) is 8.94. The molecule has 28 heavy (non-hydrogen) atoms. The first-order chi connectivity index (χ1) is 13.3. The average molecular weight is 391 g/mol. The molecular weight excluding hydrogens is 368 g/mol. The Morgan fingerprint density at radius 3 is 2.57 bits per heavy atom. The highest BCUT2D eigenvalue weighted by Crippen LogP contribution is 2.34. The molecule has 1 atom stereocenters. The largest absolute Gasteiger partial charge is 0.497 e. The second-order valence-electron chi connectivity index (χ2n) is 6.82. The third-order valence-electron chi connectivity index (χ3n) is 4.62. The van der Waals surface area contributed by atoms with Crippen molar-refractivity contribution in [1.29, 1.82) is 0 Å². The molecule has 1 N–H and O–H groups in total. The monoisotopic (exact) mass is 391 g/mol. The van der Waals surface area contributed by atoms with Gasteiger partial charge in [0, 0.05) is 19.6 Å². The summed E-state index contributed by atoms with van der Waals surface area (Å²) in [7, 11) is 2.91. The van der Waals surface area contributed by atoms with E-state index >= 15 is 0 Å². The van der Waals surface area contributed by atoms with Crippen LogP contribution in [0.3, 0.4) is 0 Å². The van der Waals surface area contributed by atoms with E-state index in [9.17, 15) is 13.6 Å². The van der Waals surface area contributed by atoms with Crippen LogP contribution in [0.2, 0.25) is 0 Å². The minimum atomic E-state index is -1.77. The number of nitrogens with zero attached hydrogens (tertiary/aromatic N) is 4. The number of hydrogen-bond donors (Lipinski definition) is 1. The van der Waals surface area contributed by atoms with Crippen LogP contribution in [0.15, 0.2) is 24.3 Å². The van der Waals surface area contributed by atoms with Crippen LogP contribution in [0.1, 0.15) is 19.4 Å². The van der Waals surface area contributed by atoms with Crippen LogP contribution in [0.25, 0.3) is 0 Å². The van der Waals surface area contributed by atoms with Gasteiger partial charge in [-0.15, -0.1) is 0 Å². The van der Waals surface area contributed by atoms with Gasteiger partial charge in [-0.25, -0.2) is 4.39 Å². The molecule has 1 aromatic heterocycles. The number of benzene rings is 1. The van der Waals surface area contributed by atoms with Crippen LogP contribution in [-0.4, -0.2) is 48.8 Å². The number of amides is 1. The Morgan fingerprint density at radius 2 is 1.96 bits per heavy atom. The molecule has 2 aromatic rings. The summed E-state index contributed by atoms with van der Waals surface area (Å²) in [6.45, 7) is 3.83. The summed E-state index contributed by atoms with van der Waals surface area (Å²) in [6.07, 6.45) is -1.77. The molecule has 0 radical (unpaired) electrons. The highest BCUT2D eigenvalue weighted by atomic mass is 19.1. The molecule has 1 amide bonds. The number of fused-ring (bicyclic) bond motifs is 1. The van der Waals surface area contributed by atoms with E-state index in [1.165, 1.54) is 7.05 Å². The molecule has 3 rings (SSSR count). The van der Waals surface area contributed by atoms with Crippen molar-refractivity contribution in [1.82, 2.24) is 9.97 Å². The molecule has 1 aliphatic heterocycles. The van der Waals surface area contributed by atoms with Gasteiger partial charge in [0.1, 0.15) is 11.4 Å². The van der Waals surface area contributed by atoms with Crippen molar-refractivity contribution in [3.05, 3.63) is 35.8 Å². The van der Waals surface area contributed by atoms with E-state index in [0.29, 0.717) is 6.54 Å². The Bertz CT molecular complexity index is 860. The third kappa shape index (κ3) is 3.83. The number of carbonyl (C=O) groups excluding carboxylic acids is 1. The Hall–Kier alpha value is -2.97. The minimum absolute atomic E-state index is 0.0656. The van der Waals surface area contributed by atoms with Crippen molar-refractivity contribution >= 4 is 23.4 Å². The van der Waals surface area contributed by atoms with Gasteiger partial charge in [0.25, 0.3) is 5.91 Å². The van der Waals surface area contributed by atoms with E-state index in [1.54, 1.807) is 12.0 Å². The van der Waals surface area contributed by atoms with Gasteiger partial charge in [-0.1, -0.05) is 12.1 Å². The topological polar surface area (TPSA) is 70.6 Å². The van der Waals surface area contributed by atoms with Crippen molar-refractivity contribution in [2.45, 2.75) is 32.6 Å². The van der Waals surface area contributed by atoms with Crippen molar-refractivity contribution in [2.75, 3.05) is 35.8 Å². The van der Waals surface area contributed by atoms with E-state index < -0.39 is 18.0 Å². The van der Waals surface area contributed by atoms with Gasteiger partial charge in [-0.2, -0.15) is 14.4 Å². The molecule has 150 valence electrons. The lowest BCUT2D eigenvalue weighted by Gasteiger charge is -2.28. The number of ether oxygens (including phenoxy) is 1. The van der Waals surface area contributed by atoms with E-state index in [4.69, 9.17) is 4.74 Å². The third-order valence-corrected chi connectivity index (χ3v) is 4.62.